The van der Waals surface area contributed by atoms with E-state index in [9.17, 15) is 9.18 Å². The van der Waals surface area contributed by atoms with Gasteiger partial charge in [0.15, 0.2) is 0 Å². The van der Waals surface area contributed by atoms with E-state index in [0.717, 1.165) is 12.8 Å². The van der Waals surface area contributed by atoms with Crippen LogP contribution < -0.4 is 0 Å². The van der Waals surface area contributed by atoms with Crippen LogP contribution in [0.3, 0.4) is 0 Å². The molecular formula is C19H22FN3O3. The van der Waals surface area contributed by atoms with Crippen molar-refractivity contribution < 1.29 is 18.7 Å². The van der Waals surface area contributed by atoms with E-state index < -0.39 is 0 Å². The number of hydrogen-bond donors (Lipinski definition) is 0. The molecule has 1 aromatic heterocycles. The van der Waals surface area contributed by atoms with Crippen molar-refractivity contribution in [3.63, 3.8) is 0 Å². The third-order valence-corrected chi connectivity index (χ3v) is 5.03. The van der Waals surface area contributed by atoms with Gasteiger partial charge in [0.25, 0.3) is 5.91 Å². The monoisotopic (exact) mass is 359 g/mol. The standard InChI is InChI=1S/C19H22FN3O3/c1-14-11-22(13-19(26-14)6-8-25-9-7-19)18(24)15-10-21-23(12-15)17-5-3-2-4-16(17)20/h2-5,10,12,14H,6-9,11,13H2,1H3/t14-/m1/s1. The fourth-order valence-electron chi connectivity index (χ4n) is 3.78. The Labute approximate surface area is 151 Å². The van der Waals surface area contributed by atoms with Crippen LogP contribution in [-0.4, -0.2) is 58.6 Å². The predicted octanol–water partition coefficient (Wildman–Crippen LogP) is 2.42. The SMILES string of the molecule is C[C@@H]1CN(C(=O)c2cnn(-c3ccccc3F)c2)CC2(CCOCC2)O1. The minimum absolute atomic E-state index is 0.0348. The van der Waals surface area contributed by atoms with Gasteiger partial charge in [-0.3, -0.25) is 4.79 Å². The highest BCUT2D eigenvalue weighted by Gasteiger charge is 2.42. The van der Waals surface area contributed by atoms with Gasteiger partial charge in [-0.2, -0.15) is 5.10 Å². The van der Waals surface area contributed by atoms with Crippen LogP contribution in [0.25, 0.3) is 5.69 Å². The molecule has 0 bridgehead atoms. The van der Waals surface area contributed by atoms with Gasteiger partial charge in [-0.05, 0) is 19.1 Å². The molecule has 138 valence electrons. The van der Waals surface area contributed by atoms with E-state index in [4.69, 9.17) is 9.47 Å². The topological polar surface area (TPSA) is 56.6 Å². The van der Waals surface area contributed by atoms with Gasteiger partial charge in [-0.25, -0.2) is 9.07 Å². The summed E-state index contributed by atoms with van der Waals surface area (Å²) in [6.45, 7) is 4.37. The Morgan fingerprint density at radius 3 is 2.85 bits per heavy atom. The van der Waals surface area contributed by atoms with Crippen molar-refractivity contribution in [2.75, 3.05) is 26.3 Å². The van der Waals surface area contributed by atoms with Crippen LogP contribution in [-0.2, 0) is 9.47 Å². The maximum atomic E-state index is 13.9. The molecule has 1 spiro atoms. The van der Waals surface area contributed by atoms with Crippen LogP contribution in [0.2, 0.25) is 0 Å². The molecular weight excluding hydrogens is 337 g/mol. The predicted molar refractivity (Wildman–Crippen MR) is 92.8 cm³/mol. The zero-order valence-corrected chi connectivity index (χ0v) is 14.7. The molecule has 7 heteroatoms. The zero-order valence-electron chi connectivity index (χ0n) is 14.7. The first-order chi connectivity index (χ1) is 12.6. The van der Waals surface area contributed by atoms with Crippen LogP contribution in [0.15, 0.2) is 36.7 Å². The van der Waals surface area contributed by atoms with E-state index in [-0.39, 0.29) is 23.4 Å². The molecule has 6 nitrogen and oxygen atoms in total. The lowest BCUT2D eigenvalue weighted by Crippen LogP contribution is -2.58. The Balaban J connectivity index is 1.55. The number of carbonyl (C=O) groups excluding carboxylic acids is 1. The number of morpholine rings is 1. The van der Waals surface area contributed by atoms with E-state index in [1.165, 1.54) is 16.9 Å². The van der Waals surface area contributed by atoms with Crippen LogP contribution in [0.4, 0.5) is 4.39 Å². The van der Waals surface area contributed by atoms with Gasteiger partial charge in [0.2, 0.25) is 0 Å². The normalized spacial score (nSPS) is 22.5. The van der Waals surface area contributed by atoms with Crippen LogP contribution in [0.1, 0.15) is 30.1 Å². The molecule has 1 amide bonds. The molecule has 26 heavy (non-hydrogen) atoms. The van der Waals surface area contributed by atoms with Crippen molar-refractivity contribution in [1.29, 1.82) is 0 Å². The van der Waals surface area contributed by atoms with E-state index in [1.54, 1.807) is 24.4 Å². The number of nitrogens with zero attached hydrogens (tertiary/aromatic N) is 3. The summed E-state index contributed by atoms with van der Waals surface area (Å²) < 4.78 is 27.0. The number of para-hydroxylation sites is 1. The average Bonchev–Trinajstić information content (AvgIpc) is 3.11. The number of benzene rings is 1. The van der Waals surface area contributed by atoms with Crippen molar-refractivity contribution in [2.24, 2.45) is 0 Å². The van der Waals surface area contributed by atoms with Crippen molar-refractivity contribution in [1.82, 2.24) is 14.7 Å². The zero-order chi connectivity index (χ0) is 18.1. The highest BCUT2D eigenvalue weighted by Crippen LogP contribution is 2.32. The number of hydrogen-bond acceptors (Lipinski definition) is 4. The van der Waals surface area contributed by atoms with Gasteiger partial charge in [0.1, 0.15) is 11.5 Å². The lowest BCUT2D eigenvalue weighted by Gasteiger charge is -2.47. The molecule has 1 aromatic carbocycles. The molecule has 1 atom stereocenters. The molecule has 3 heterocycles. The van der Waals surface area contributed by atoms with Gasteiger partial charge < -0.3 is 14.4 Å². The largest absolute Gasteiger partial charge is 0.381 e. The Hall–Kier alpha value is -2.25. The molecule has 4 rings (SSSR count). The average molecular weight is 359 g/mol. The summed E-state index contributed by atoms with van der Waals surface area (Å²) in [6.07, 6.45) is 4.61. The van der Waals surface area contributed by atoms with E-state index >= 15 is 0 Å². The van der Waals surface area contributed by atoms with Crippen LogP contribution in [0.5, 0.6) is 0 Å². The van der Waals surface area contributed by atoms with E-state index in [0.29, 0.717) is 37.6 Å². The quantitative estimate of drug-likeness (QED) is 0.826. The molecule has 2 aliphatic heterocycles. The summed E-state index contributed by atoms with van der Waals surface area (Å²) in [5.74, 6) is -0.482. The number of ether oxygens (including phenoxy) is 2. The van der Waals surface area contributed by atoms with E-state index in [2.05, 4.69) is 5.10 Å². The lowest BCUT2D eigenvalue weighted by molar-refractivity contribution is -0.176. The number of amides is 1. The summed E-state index contributed by atoms with van der Waals surface area (Å²) in [7, 11) is 0. The van der Waals surface area contributed by atoms with Crippen molar-refractivity contribution in [3.8, 4) is 5.69 Å². The highest BCUT2D eigenvalue weighted by molar-refractivity contribution is 5.94. The van der Waals surface area contributed by atoms with Gasteiger partial charge in [0, 0.05) is 38.8 Å². The molecule has 0 unspecified atom stereocenters. The smallest absolute Gasteiger partial charge is 0.257 e. The number of halogens is 1. The summed E-state index contributed by atoms with van der Waals surface area (Å²) in [5, 5.41) is 4.16. The third kappa shape index (κ3) is 3.24. The molecule has 0 N–H and O–H groups in total. The Kier molecular flexibility index (Phi) is 4.50. The van der Waals surface area contributed by atoms with Crippen molar-refractivity contribution in [3.05, 3.63) is 48.0 Å². The second-order valence-corrected chi connectivity index (χ2v) is 7.03. The summed E-state index contributed by atoms with van der Waals surface area (Å²) in [4.78, 5) is 14.8. The van der Waals surface area contributed by atoms with Crippen LogP contribution >= 0.6 is 0 Å². The molecule has 0 radical (unpaired) electrons. The lowest BCUT2D eigenvalue weighted by atomic mass is 9.91. The number of rotatable bonds is 2. The summed E-state index contributed by atoms with van der Waals surface area (Å²) >= 11 is 0. The summed E-state index contributed by atoms with van der Waals surface area (Å²) in [6, 6.07) is 6.36. The van der Waals surface area contributed by atoms with Crippen LogP contribution in [0, 0.1) is 5.82 Å². The van der Waals surface area contributed by atoms with E-state index in [1.807, 2.05) is 11.8 Å². The molecule has 2 aliphatic rings. The molecule has 2 fully saturated rings. The first-order valence-corrected chi connectivity index (χ1v) is 8.91. The third-order valence-electron chi connectivity index (χ3n) is 5.03. The minimum atomic E-state index is -0.379. The molecule has 2 aromatic rings. The maximum absolute atomic E-state index is 13.9. The minimum Gasteiger partial charge on any atom is -0.381 e. The van der Waals surface area contributed by atoms with Gasteiger partial charge in [-0.1, -0.05) is 12.1 Å². The Bertz CT molecular complexity index is 801. The second kappa shape index (κ2) is 6.81. The first-order valence-electron chi connectivity index (χ1n) is 8.91. The molecule has 0 saturated carbocycles. The van der Waals surface area contributed by atoms with Crippen molar-refractivity contribution in [2.45, 2.75) is 31.5 Å². The highest BCUT2D eigenvalue weighted by atomic mass is 19.1. The number of carbonyl (C=O) groups is 1. The fourth-order valence-corrected chi connectivity index (χ4v) is 3.78. The molecule has 2 saturated heterocycles. The van der Waals surface area contributed by atoms with Crippen molar-refractivity contribution >= 4 is 5.91 Å². The van der Waals surface area contributed by atoms with Gasteiger partial charge in [0.05, 0.1) is 30.0 Å². The van der Waals surface area contributed by atoms with Gasteiger partial charge in [-0.15, -0.1) is 0 Å². The second-order valence-electron chi connectivity index (χ2n) is 7.03. The molecule has 0 aliphatic carbocycles. The summed E-state index contributed by atoms with van der Waals surface area (Å²) in [5.41, 5.74) is 0.444. The van der Waals surface area contributed by atoms with Gasteiger partial charge >= 0.3 is 0 Å². The Morgan fingerprint density at radius 1 is 1.31 bits per heavy atom. The number of aromatic nitrogens is 2. The fraction of sp³-hybridized carbons (Fsp3) is 0.474. The first kappa shape index (κ1) is 17.2. The Morgan fingerprint density at radius 2 is 2.08 bits per heavy atom. The maximum Gasteiger partial charge on any atom is 0.257 e.